The van der Waals surface area contributed by atoms with E-state index in [1.165, 1.54) is 14.0 Å². The Hall–Kier alpha value is -1.55. The third-order valence-electron chi connectivity index (χ3n) is 2.32. The summed E-state index contributed by atoms with van der Waals surface area (Å²) in [6.45, 7) is 1.49. The van der Waals surface area contributed by atoms with Gasteiger partial charge in [0.1, 0.15) is 6.10 Å². The number of ether oxygens (including phenoxy) is 3. The average Bonchev–Trinajstić information content (AvgIpc) is 2.29. The van der Waals surface area contributed by atoms with Crippen LogP contribution in [0, 0.1) is 0 Å². The largest absolute Gasteiger partial charge is 0.493 e. The summed E-state index contributed by atoms with van der Waals surface area (Å²) in [5.74, 6) is 1.17. The van der Waals surface area contributed by atoms with Crippen molar-refractivity contribution in [2.24, 2.45) is 0 Å². The van der Waals surface area contributed by atoms with Crippen LogP contribution in [-0.4, -0.2) is 27.1 Å². The Morgan fingerprint density at radius 2 is 1.75 bits per heavy atom. The van der Waals surface area contributed by atoms with Crippen LogP contribution < -0.4 is 9.47 Å². The van der Waals surface area contributed by atoms with Gasteiger partial charge >= 0.3 is 0 Å². The molecule has 88 valence electrons. The van der Waals surface area contributed by atoms with Crippen molar-refractivity contribution in [2.75, 3.05) is 21.3 Å². The van der Waals surface area contributed by atoms with E-state index >= 15 is 0 Å². The van der Waals surface area contributed by atoms with Gasteiger partial charge in [-0.1, -0.05) is 6.07 Å². The number of carbonyl (C=O) groups is 1. The van der Waals surface area contributed by atoms with E-state index in [-0.39, 0.29) is 5.78 Å². The fourth-order valence-electron chi connectivity index (χ4n) is 1.55. The standard InChI is InChI=1S/C12H16O4/c1-8(13)12(16-4)9-5-6-10(14-2)11(7-9)15-3/h5-7,12H,1-4H3. The second kappa shape index (κ2) is 5.51. The van der Waals surface area contributed by atoms with Gasteiger partial charge in [0, 0.05) is 7.11 Å². The lowest BCUT2D eigenvalue weighted by atomic mass is 10.1. The molecule has 0 aliphatic heterocycles. The first-order valence-corrected chi connectivity index (χ1v) is 4.89. The Bertz CT molecular complexity index is 373. The van der Waals surface area contributed by atoms with Gasteiger partial charge < -0.3 is 14.2 Å². The molecule has 1 atom stereocenters. The number of ketones is 1. The molecule has 0 radical (unpaired) electrons. The van der Waals surface area contributed by atoms with Gasteiger partial charge in [0.05, 0.1) is 14.2 Å². The molecule has 16 heavy (non-hydrogen) atoms. The molecule has 1 unspecified atom stereocenters. The molecule has 0 bridgehead atoms. The molecule has 0 saturated carbocycles. The predicted molar refractivity (Wildman–Crippen MR) is 60.0 cm³/mol. The third-order valence-corrected chi connectivity index (χ3v) is 2.32. The van der Waals surface area contributed by atoms with Gasteiger partial charge in [-0.3, -0.25) is 4.79 Å². The Morgan fingerprint density at radius 3 is 2.19 bits per heavy atom. The van der Waals surface area contributed by atoms with Crippen molar-refractivity contribution in [1.29, 1.82) is 0 Å². The Kier molecular flexibility index (Phi) is 4.31. The molecule has 0 spiro atoms. The first kappa shape index (κ1) is 12.5. The van der Waals surface area contributed by atoms with E-state index in [2.05, 4.69) is 0 Å². The minimum Gasteiger partial charge on any atom is -0.493 e. The van der Waals surface area contributed by atoms with Crippen molar-refractivity contribution in [3.63, 3.8) is 0 Å². The Labute approximate surface area is 95.1 Å². The third kappa shape index (κ3) is 2.52. The second-order valence-corrected chi connectivity index (χ2v) is 3.34. The van der Waals surface area contributed by atoms with Gasteiger partial charge in [0.15, 0.2) is 17.3 Å². The first-order valence-electron chi connectivity index (χ1n) is 4.89. The summed E-state index contributed by atoms with van der Waals surface area (Å²) in [5.41, 5.74) is 0.757. The molecule has 4 heteroatoms. The van der Waals surface area contributed by atoms with Crippen LogP contribution in [0.4, 0.5) is 0 Å². The summed E-state index contributed by atoms with van der Waals surface area (Å²) >= 11 is 0. The summed E-state index contributed by atoms with van der Waals surface area (Å²) in [6, 6.07) is 5.29. The maximum Gasteiger partial charge on any atom is 0.163 e. The van der Waals surface area contributed by atoms with Crippen molar-refractivity contribution in [2.45, 2.75) is 13.0 Å². The van der Waals surface area contributed by atoms with E-state index < -0.39 is 6.10 Å². The van der Waals surface area contributed by atoms with Gasteiger partial charge in [0.25, 0.3) is 0 Å². The molecule has 0 heterocycles. The predicted octanol–water partition coefficient (Wildman–Crippen LogP) is 1.98. The number of carbonyl (C=O) groups excluding carboxylic acids is 1. The second-order valence-electron chi connectivity index (χ2n) is 3.34. The Balaban J connectivity index is 3.11. The SMILES string of the molecule is COc1ccc(C(OC)C(C)=O)cc1OC. The molecular weight excluding hydrogens is 208 g/mol. The molecule has 0 aromatic heterocycles. The minimum absolute atomic E-state index is 0.0466. The molecule has 0 saturated heterocycles. The normalized spacial score (nSPS) is 12.0. The summed E-state index contributed by atoms with van der Waals surface area (Å²) in [5, 5.41) is 0. The van der Waals surface area contributed by atoms with Crippen molar-refractivity contribution in [1.82, 2.24) is 0 Å². The lowest BCUT2D eigenvalue weighted by molar-refractivity contribution is -0.126. The number of Topliss-reactive ketones (excluding diaryl/α,β-unsaturated/α-hetero) is 1. The average molecular weight is 224 g/mol. The fraction of sp³-hybridized carbons (Fsp3) is 0.417. The maximum absolute atomic E-state index is 11.3. The lowest BCUT2D eigenvalue weighted by Gasteiger charge is -2.14. The molecule has 0 amide bonds. The zero-order valence-electron chi connectivity index (χ0n) is 9.94. The summed E-state index contributed by atoms with van der Waals surface area (Å²) < 4.78 is 15.4. The van der Waals surface area contributed by atoms with E-state index in [0.717, 1.165) is 5.56 Å². The fourth-order valence-corrected chi connectivity index (χ4v) is 1.55. The molecule has 1 aromatic rings. The minimum atomic E-state index is -0.556. The van der Waals surface area contributed by atoms with Crippen LogP contribution in [-0.2, 0) is 9.53 Å². The number of hydrogen-bond acceptors (Lipinski definition) is 4. The van der Waals surface area contributed by atoms with Crippen LogP contribution in [0.2, 0.25) is 0 Å². The van der Waals surface area contributed by atoms with Gasteiger partial charge in [0.2, 0.25) is 0 Å². The highest BCUT2D eigenvalue weighted by atomic mass is 16.5. The van der Waals surface area contributed by atoms with E-state index in [1.54, 1.807) is 32.4 Å². The molecule has 0 fully saturated rings. The number of rotatable bonds is 5. The molecule has 1 aromatic carbocycles. The molecule has 0 aliphatic rings. The highest BCUT2D eigenvalue weighted by Gasteiger charge is 2.17. The van der Waals surface area contributed by atoms with Crippen LogP contribution in [0.1, 0.15) is 18.6 Å². The van der Waals surface area contributed by atoms with Crippen LogP contribution in [0.3, 0.4) is 0 Å². The summed E-state index contributed by atoms with van der Waals surface area (Å²) in [7, 11) is 4.62. The number of benzene rings is 1. The quantitative estimate of drug-likeness (QED) is 0.767. The van der Waals surface area contributed by atoms with E-state index in [0.29, 0.717) is 11.5 Å². The van der Waals surface area contributed by atoms with Crippen LogP contribution in [0.15, 0.2) is 18.2 Å². The van der Waals surface area contributed by atoms with Crippen molar-refractivity contribution < 1.29 is 19.0 Å². The van der Waals surface area contributed by atoms with Gasteiger partial charge in [-0.25, -0.2) is 0 Å². The van der Waals surface area contributed by atoms with Crippen LogP contribution in [0.25, 0.3) is 0 Å². The van der Waals surface area contributed by atoms with E-state index in [4.69, 9.17) is 14.2 Å². The number of hydrogen-bond donors (Lipinski definition) is 0. The maximum atomic E-state index is 11.3. The highest BCUT2D eigenvalue weighted by molar-refractivity contribution is 5.82. The monoisotopic (exact) mass is 224 g/mol. The lowest BCUT2D eigenvalue weighted by Crippen LogP contribution is -2.11. The zero-order chi connectivity index (χ0) is 12.1. The zero-order valence-corrected chi connectivity index (χ0v) is 9.94. The Morgan fingerprint density at radius 1 is 1.12 bits per heavy atom. The molecule has 0 aliphatic carbocycles. The molecular formula is C12H16O4. The molecule has 4 nitrogen and oxygen atoms in total. The van der Waals surface area contributed by atoms with Crippen LogP contribution >= 0.6 is 0 Å². The summed E-state index contributed by atoms with van der Waals surface area (Å²) in [6.07, 6.45) is -0.556. The van der Waals surface area contributed by atoms with Crippen molar-refractivity contribution >= 4 is 5.78 Å². The van der Waals surface area contributed by atoms with Crippen molar-refractivity contribution in [3.05, 3.63) is 23.8 Å². The van der Waals surface area contributed by atoms with Crippen molar-refractivity contribution in [3.8, 4) is 11.5 Å². The smallest absolute Gasteiger partial charge is 0.163 e. The highest BCUT2D eigenvalue weighted by Crippen LogP contribution is 2.31. The van der Waals surface area contributed by atoms with Crippen LogP contribution in [0.5, 0.6) is 11.5 Å². The molecule has 0 N–H and O–H groups in total. The van der Waals surface area contributed by atoms with Gasteiger partial charge in [-0.2, -0.15) is 0 Å². The van der Waals surface area contributed by atoms with Gasteiger partial charge in [-0.05, 0) is 24.6 Å². The van der Waals surface area contributed by atoms with E-state index in [1.807, 2.05) is 0 Å². The first-order chi connectivity index (χ1) is 7.63. The topological polar surface area (TPSA) is 44.8 Å². The van der Waals surface area contributed by atoms with Gasteiger partial charge in [-0.15, -0.1) is 0 Å². The molecule has 1 rings (SSSR count). The summed E-state index contributed by atoms with van der Waals surface area (Å²) in [4.78, 5) is 11.3. The van der Waals surface area contributed by atoms with E-state index in [9.17, 15) is 4.79 Å². The number of methoxy groups -OCH3 is 3.